The van der Waals surface area contributed by atoms with Crippen LogP contribution in [0.5, 0.6) is 0 Å². The van der Waals surface area contributed by atoms with E-state index in [0.29, 0.717) is 5.56 Å². The highest BCUT2D eigenvalue weighted by molar-refractivity contribution is 6.01. The molecule has 0 saturated carbocycles. The van der Waals surface area contributed by atoms with Crippen LogP contribution in [0.1, 0.15) is 57.9 Å². The molecule has 0 aliphatic heterocycles. The average Bonchev–Trinajstić information content (AvgIpc) is 2.84. The predicted molar refractivity (Wildman–Crippen MR) is 92.7 cm³/mol. The van der Waals surface area contributed by atoms with E-state index in [1.54, 1.807) is 6.92 Å². The number of halogens is 3. The predicted octanol–water partition coefficient (Wildman–Crippen LogP) is 3.04. The monoisotopic (exact) mass is 380 g/mol. The van der Waals surface area contributed by atoms with Crippen molar-refractivity contribution in [1.29, 1.82) is 0 Å². The minimum atomic E-state index is -4.76. The van der Waals surface area contributed by atoms with Crippen LogP contribution in [-0.2, 0) is 12.6 Å². The maximum Gasteiger partial charge on any atom is 0.435 e. The second-order valence-corrected chi connectivity index (χ2v) is 7.61. The van der Waals surface area contributed by atoms with Gasteiger partial charge in [-0.2, -0.15) is 18.3 Å². The van der Waals surface area contributed by atoms with Crippen molar-refractivity contribution in [2.75, 3.05) is 5.73 Å². The first kappa shape index (κ1) is 18.9. The molecule has 6 nitrogen and oxygen atoms in total. The molecule has 1 aromatic carbocycles. The van der Waals surface area contributed by atoms with Crippen molar-refractivity contribution in [2.24, 2.45) is 11.1 Å². The number of hydrogen-bond donors (Lipinski definition) is 2. The highest BCUT2D eigenvalue weighted by Crippen LogP contribution is 2.42. The summed E-state index contributed by atoms with van der Waals surface area (Å²) in [6.07, 6.45) is -4.51. The summed E-state index contributed by atoms with van der Waals surface area (Å²) in [4.78, 5) is 24.0. The van der Waals surface area contributed by atoms with Gasteiger partial charge in [-0.05, 0) is 36.5 Å². The Balaban J connectivity index is 2.30. The summed E-state index contributed by atoms with van der Waals surface area (Å²) < 4.78 is 41.6. The number of nitrogens with zero attached hydrogens (tertiary/aromatic N) is 2. The van der Waals surface area contributed by atoms with E-state index in [1.807, 2.05) is 13.8 Å². The van der Waals surface area contributed by atoms with Gasteiger partial charge < -0.3 is 11.5 Å². The number of nitrogens with two attached hydrogens (primary N) is 2. The number of Topliss-reactive ketones (excluding diaryl/α,β-unsaturated/α-hetero) is 1. The van der Waals surface area contributed by atoms with Gasteiger partial charge in [0, 0.05) is 12.1 Å². The van der Waals surface area contributed by atoms with Crippen LogP contribution in [-0.4, -0.2) is 21.5 Å². The number of hydrogen-bond acceptors (Lipinski definition) is 4. The zero-order valence-electron chi connectivity index (χ0n) is 15.1. The molecule has 0 saturated heterocycles. The third kappa shape index (κ3) is 3.17. The Kier molecular flexibility index (Phi) is 4.09. The van der Waals surface area contributed by atoms with Crippen LogP contribution in [0.4, 0.5) is 18.9 Å². The number of carbonyl (C=O) groups is 2. The van der Waals surface area contributed by atoms with Gasteiger partial charge in [0.2, 0.25) is 0 Å². The fourth-order valence-electron chi connectivity index (χ4n) is 3.61. The highest BCUT2D eigenvalue weighted by Gasteiger charge is 2.45. The molecule has 144 valence electrons. The summed E-state index contributed by atoms with van der Waals surface area (Å²) in [6, 6.07) is 2.82. The number of alkyl halides is 3. The van der Waals surface area contributed by atoms with Crippen LogP contribution in [0.2, 0.25) is 0 Å². The summed E-state index contributed by atoms with van der Waals surface area (Å²) in [7, 11) is 0. The molecule has 1 aromatic heterocycles. The third-order valence-electron chi connectivity index (χ3n) is 4.66. The Morgan fingerprint density at radius 1 is 1.26 bits per heavy atom. The molecule has 3 rings (SSSR count). The normalized spacial score (nSPS) is 16.3. The molecule has 4 N–H and O–H groups in total. The second kappa shape index (κ2) is 5.83. The lowest BCUT2D eigenvalue weighted by Crippen LogP contribution is -2.29. The number of amides is 1. The van der Waals surface area contributed by atoms with E-state index in [-0.39, 0.29) is 35.5 Å². The van der Waals surface area contributed by atoms with Crippen molar-refractivity contribution in [3.63, 3.8) is 0 Å². The van der Waals surface area contributed by atoms with E-state index >= 15 is 0 Å². The lowest BCUT2D eigenvalue weighted by molar-refractivity contribution is -0.141. The molecule has 1 aliphatic carbocycles. The standard InChI is InChI=1S/C18H19F3N4O2/c1-8-4-9(5-10(22)13(8)16(23)27)25-11-6-17(2,3)7-12(26)14(11)15(24-25)18(19,20)21/h4-5H,6-7,22H2,1-3H3,(H2,23,27). The van der Waals surface area contributed by atoms with Crippen molar-refractivity contribution in [2.45, 2.75) is 39.8 Å². The first-order valence-corrected chi connectivity index (χ1v) is 8.24. The van der Waals surface area contributed by atoms with Gasteiger partial charge in [0.25, 0.3) is 5.91 Å². The minimum Gasteiger partial charge on any atom is -0.398 e. The van der Waals surface area contributed by atoms with Crippen molar-refractivity contribution >= 4 is 17.4 Å². The number of aromatic nitrogens is 2. The van der Waals surface area contributed by atoms with Crippen molar-refractivity contribution in [1.82, 2.24) is 9.78 Å². The molecular formula is C18H19F3N4O2. The average molecular weight is 380 g/mol. The molecule has 1 aliphatic rings. The fraction of sp³-hybridized carbons (Fsp3) is 0.389. The number of anilines is 1. The molecule has 9 heteroatoms. The summed E-state index contributed by atoms with van der Waals surface area (Å²) >= 11 is 0. The second-order valence-electron chi connectivity index (χ2n) is 7.61. The van der Waals surface area contributed by atoms with Gasteiger partial charge in [-0.15, -0.1) is 0 Å². The molecule has 1 heterocycles. The Bertz CT molecular complexity index is 951. The fourth-order valence-corrected chi connectivity index (χ4v) is 3.61. The number of rotatable bonds is 2. The van der Waals surface area contributed by atoms with Crippen LogP contribution in [0, 0.1) is 12.3 Å². The molecule has 0 bridgehead atoms. The Morgan fingerprint density at radius 3 is 2.41 bits per heavy atom. The first-order valence-electron chi connectivity index (χ1n) is 8.24. The quantitative estimate of drug-likeness (QED) is 0.782. The van der Waals surface area contributed by atoms with Gasteiger partial charge in [-0.1, -0.05) is 13.8 Å². The zero-order chi connectivity index (χ0) is 20.3. The van der Waals surface area contributed by atoms with Crippen LogP contribution in [0.3, 0.4) is 0 Å². The molecular weight excluding hydrogens is 361 g/mol. The summed E-state index contributed by atoms with van der Waals surface area (Å²) in [5, 5.41) is 3.71. The third-order valence-corrected chi connectivity index (χ3v) is 4.66. The SMILES string of the molecule is Cc1cc(-n2nc(C(F)(F)F)c3c2CC(C)(C)CC3=O)cc(N)c1C(N)=O. The largest absolute Gasteiger partial charge is 0.435 e. The van der Waals surface area contributed by atoms with Crippen LogP contribution >= 0.6 is 0 Å². The topological polar surface area (TPSA) is 104 Å². The summed E-state index contributed by atoms with van der Waals surface area (Å²) in [5.74, 6) is -1.32. The smallest absolute Gasteiger partial charge is 0.398 e. The van der Waals surface area contributed by atoms with E-state index < -0.39 is 34.5 Å². The number of carbonyl (C=O) groups excluding carboxylic acids is 2. The van der Waals surface area contributed by atoms with Crippen LogP contribution in [0.15, 0.2) is 12.1 Å². The summed E-state index contributed by atoms with van der Waals surface area (Å²) in [5.41, 5.74) is 10.1. The Hall–Kier alpha value is -2.84. The molecule has 27 heavy (non-hydrogen) atoms. The molecule has 0 radical (unpaired) electrons. The van der Waals surface area contributed by atoms with Gasteiger partial charge in [-0.25, -0.2) is 4.68 Å². The van der Waals surface area contributed by atoms with E-state index in [4.69, 9.17) is 11.5 Å². The van der Waals surface area contributed by atoms with E-state index in [2.05, 4.69) is 5.10 Å². The Morgan fingerprint density at radius 2 is 1.89 bits per heavy atom. The molecule has 0 fully saturated rings. The van der Waals surface area contributed by atoms with Gasteiger partial charge in [0.15, 0.2) is 11.5 Å². The van der Waals surface area contributed by atoms with Gasteiger partial charge in [0.05, 0.1) is 22.5 Å². The number of ketones is 1. The lowest BCUT2D eigenvalue weighted by atomic mass is 9.75. The molecule has 0 spiro atoms. The molecule has 2 aromatic rings. The number of nitrogen functional groups attached to an aromatic ring is 1. The number of aryl methyl sites for hydroxylation is 1. The number of primary amides is 1. The minimum absolute atomic E-state index is 0.0105. The van der Waals surface area contributed by atoms with E-state index in [9.17, 15) is 22.8 Å². The van der Waals surface area contributed by atoms with Gasteiger partial charge in [0.1, 0.15) is 0 Å². The number of benzene rings is 1. The van der Waals surface area contributed by atoms with Gasteiger partial charge >= 0.3 is 6.18 Å². The molecule has 0 atom stereocenters. The molecule has 0 unspecified atom stereocenters. The van der Waals surface area contributed by atoms with E-state index in [0.717, 1.165) is 4.68 Å². The maximum atomic E-state index is 13.5. The Labute approximate surface area is 153 Å². The molecule has 1 amide bonds. The highest BCUT2D eigenvalue weighted by atomic mass is 19.4. The van der Waals surface area contributed by atoms with Crippen LogP contribution < -0.4 is 11.5 Å². The van der Waals surface area contributed by atoms with E-state index in [1.165, 1.54) is 12.1 Å². The van der Waals surface area contributed by atoms with Crippen LogP contribution in [0.25, 0.3) is 5.69 Å². The maximum absolute atomic E-state index is 13.5. The van der Waals surface area contributed by atoms with Crippen molar-refractivity contribution in [3.8, 4) is 5.69 Å². The van der Waals surface area contributed by atoms with Crippen molar-refractivity contribution < 1.29 is 22.8 Å². The van der Waals surface area contributed by atoms with Gasteiger partial charge in [-0.3, -0.25) is 9.59 Å². The zero-order valence-corrected chi connectivity index (χ0v) is 15.1. The first-order chi connectivity index (χ1) is 12.3. The van der Waals surface area contributed by atoms with Crippen molar-refractivity contribution in [3.05, 3.63) is 40.2 Å². The number of fused-ring (bicyclic) bond motifs is 1. The summed E-state index contributed by atoms with van der Waals surface area (Å²) in [6.45, 7) is 5.21. The lowest BCUT2D eigenvalue weighted by Gasteiger charge is -2.29.